The van der Waals surface area contributed by atoms with Gasteiger partial charge in [-0.25, -0.2) is 15.0 Å². The smallest absolute Gasteiger partial charge is 0.218 e. The first-order valence-corrected chi connectivity index (χ1v) is 11.4. The summed E-state index contributed by atoms with van der Waals surface area (Å²) in [6, 6.07) is 5.83. The van der Waals surface area contributed by atoms with Crippen LogP contribution in [0.1, 0.15) is 41.4 Å². The molecule has 3 aromatic rings. The topological polar surface area (TPSA) is 90.0 Å². The van der Waals surface area contributed by atoms with Crippen molar-refractivity contribution in [3.8, 4) is 5.88 Å². The number of pyridine rings is 2. The monoisotopic (exact) mass is 434 g/mol. The first-order chi connectivity index (χ1) is 15.0. The van der Waals surface area contributed by atoms with Gasteiger partial charge in [0.05, 0.1) is 17.9 Å². The molecular weight excluding hydrogens is 408 g/mol. The zero-order chi connectivity index (χ0) is 21.6. The van der Waals surface area contributed by atoms with Crippen molar-refractivity contribution in [3.05, 3.63) is 59.3 Å². The molecule has 5 rings (SSSR count). The number of anilines is 1. The van der Waals surface area contributed by atoms with E-state index in [0.29, 0.717) is 5.88 Å². The highest BCUT2D eigenvalue weighted by atomic mass is 32.2. The van der Waals surface area contributed by atoms with Gasteiger partial charge in [-0.3, -0.25) is 4.98 Å². The fraction of sp³-hybridized carbons (Fsp3) is 0.391. The summed E-state index contributed by atoms with van der Waals surface area (Å²) >= 11 is 1.64. The van der Waals surface area contributed by atoms with Gasteiger partial charge in [-0.1, -0.05) is 17.8 Å². The first kappa shape index (κ1) is 20.2. The number of fused-ring (bicyclic) bond motifs is 1. The van der Waals surface area contributed by atoms with Crippen molar-refractivity contribution in [2.24, 2.45) is 5.73 Å². The van der Waals surface area contributed by atoms with E-state index >= 15 is 0 Å². The van der Waals surface area contributed by atoms with Gasteiger partial charge in [-0.05, 0) is 38.5 Å². The Morgan fingerprint density at radius 2 is 1.87 bits per heavy atom. The van der Waals surface area contributed by atoms with Crippen molar-refractivity contribution in [1.82, 2.24) is 19.9 Å². The third-order valence-electron chi connectivity index (χ3n) is 6.44. The van der Waals surface area contributed by atoms with Gasteiger partial charge in [-0.15, -0.1) is 0 Å². The van der Waals surface area contributed by atoms with Crippen LogP contribution in [0.5, 0.6) is 5.88 Å². The number of aryl methyl sites for hydroxylation is 2. The lowest BCUT2D eigenvalue weighted by atomic mass is 9.83. The minimum absolute atomic E-state index is 0.142. The summed E-state index contributed by atoms with van der Waals surface area (Å²) in [5, 5.41) is 0.925. The van der Waals surface area contributed by atoms with Crippen LogP contribution < -0.4 is 15.4 Å². The van der Waals surface area contributed by atoms with Crippen molar-refractivity contribution in [2.75, 3.05) is 18.0 Å². The van der Waals surface area contributed by atoms with Crippen LogP contribution in [-0.2, 0) is 0 Å². The Bertz CT molecular complexity index is 1130. The Kier molecular flexibility index (Phi) is 5.06. The van der Waals surface area contributed by atoms with E-state index in [1.165, 1.54) is 5.56 Å². The molecule has 1 atom stereocenters. The van der Waals surface area contributed by atoms with Crippen molar-refractivity contribution < 1.29 is 4.74 Å². The largest absolute Gasteiger partial charge is 0.469 e. The highest BCUT2D eigenvalue weighted by Crippen LogP contribution is 2.46. The normalized spacial score (nSPS) is 19.4. The van der Waals surface area contributed by atoms with Crippen LogP contribution in [-0.4, -0.2) is 38.6 Å². The first-order valence-electron chi connectivity index (χ1n) is 10.5. The van der Waals surface area contributed by atoms with E-state index in [0.717, 1.165) is 58.6 Å². The molecule has 160 valence electrons. The average molecular weight is 435 g/mol. The third-order valence-corrected chi connectivity index (χ3v) is 7.69. The van der Waals surface area contributed by atoms with Crippen LogP contribution in [0, 0.1) is 20.8 Å². The van der Waals surface area contributed by atoms with Gasteiger partial charge in [0, 0.05) is 54.5 Å². The van der Waals surface area contributed by atoms with E-state index in [-0.39, 0.29) is 11.6 Å². The van der Waals surface area contributed by atoms with Gasteiger partial charge in [-0.2, -0.15) is 0 Å². The fourth-order valence-electron chi connectivity index (χ4n) is 4.33. The van der Waals surface area contributed by atoms with Crippen LogP contribution in [0.3, 0.4) is 0 Å². The molecule has 8 heteroatoms. The van der Waals surface area contributed by atoms with Gasteiger partial charge in [0.1, 0.15) is 16.4 Å². The Labute approximate surface area is 186 Å². The summed E-state index contributed by atoms with van der Waals surface area (Å²) in [4.78, 5) is 21.7. The molecule has 0 amide bonds. The number of hydrogen-bond donors (Lipinski definition) is 1. The third kappa shape index (κ3) is 3.53. The fourth-order valence-corrected chi connectivity index (χ4v) is 5.27. The summed E-state index contributed by atoms with van der Waals surface area (Å²) in [7, 11) is 0. The standard InChI is InChI=1S/C23H26N6OS/c1-14-15(2)25-10-6-18(14)31-22-16(3)28-19(13-27-22)29-11-7-23(8-12-29)20(24)17-5-4-9-26-21(17)30-23/h4-6,9-10,13,20H,7-8,11-12,24H2,1-3H3/t20-/m1/s1. The lowest BCUT2D eigenvalue weighted by molar-refractivity contribution is 0.0397. The van der Waals surface area contributed by atoms with Gasteiger partial charge in [0.15, 0.2) is 0 Å². The molecule has 0 unspecified atom stereocenters. The molecule has 2 aliphatic rings. The Morgan fingerprint density at radius 1 is 1.06 bits per heavy atom. The highest BCUT2D eigenvalue weighted by molar-refractivity contribution is 7.99. The zero-order valence-corrected chi connectivity index (χ0v) is 18.8. The minimum atomic E-state index is -0.373. The maximum atomic E-state index is 6.56. The van der Waals surface area contributed by atoms with Gasteiger partial charge >= 0.3 is 0 Å². The predicted molar refractivity (Wildman–Crippen MR) is 121 cm³/mol. The quantitative estimate of drug-likeness (QED) is 0.666. The molecular formula is C23H26N6OS. The minimum Gasteiger partial charge on any atom is -0.469 e. The van der Waals surface area contributed by atoms with E-state index in [1.54, 1.807) is 18.0 Å². The second-order valence-corrected chi connectivity index (χ2v) is 9.30. The molecule has 1 saturated heterocycles. The highest BCUT2D eigenvalue weighted by Gasteiger charge is 2.49. The molecule has 2 N–H and O–H groups in total. The van der Waals surface area contributed by atoms with Crippen LogP contribution >= 0.6 is 11.8 Å². The summed E-state index contributed by atoms with van der Waals surface area (Å²) in [6.45, 7) is 7.79. The Hall–Kier alpha value is -2.71. The average Bonchev–Trinajstić information content (AvgIpc) is 3.05. The molecule has 0 aliphatic carbocycles. The Balaban J connectivity index is 1.29. The number of aromatic nitrogens is 4. The SMILES string of the molecule is Cc1nc(N2CCC3(CC2)Oc2ncccc2[C@H]3N)cnc1Sc1ccnc(C)c1C. The summed E-state index contributed by atoms with van der Waals surface area (Å²) < 4.78 is 6.25. The predicted octanol–water partition coefficient (Wildman–Crippen LogP) is 3.77. The lowest BCUT2D eigenvalue weighted by Crippen LogP contribution is -2.51. The summed E-state index contributed by atoms with van der Waals surface area (Å²) in [5.74, 6) is 1.59. The molecule has 5 heterocycles. The molecule has 0 saturated carbocycles. The molecule has 2 aliphatic heterocycles. The van der Waals surface area contributed by atoms with Crippen molar-refractivity contribution in [2.45, 2.75) is 55.2 Å². The van der Waals surface area contributed by atoms with E-state index in [4.69, 9.17) is 20.4 Å². The second-order valence-electron chi connectivity index (χ2n) is 8.27. The number of nitrogens with two attached hydrogens (primary N) is 1. The molecule has 0 radical (unpaired) electrons. The zero-order valence-electron chi connectivity index (χ0n) is 18.0. The molecule has 0 bridgehead atoms. The molecule has 31 heavy (non-hydrogen) atoms. The summed E-state index contributed by atoms with van der Waals surface area (Å²) in [6.07, 6.45) is 7.14. The number of piperidine rings is 1. The van der Waals surface area contributed by atoms with Crippen molar-refractivity contribution >= 4 is 17.6 Å². The number of hydrogen-bond acceptors (Lipinski definition) is 8. The lowest BCUT2D eigenvalue weighted by Gasteiger charge is -2.41. The van der Waals surface area contributed by atoms with Gasteiger partial charge < -0.3 is 15.4 Å². The maximum Gasteiger partial charge on any atom is 0.218 e. The summed E-state index contributed by atoms with van der Waals surface area (Å²) in [5.41, 5.74) is 10.4. The van der Waals surface area contributed by atoms with E-state index in [1.807, 2.05) is 44.4 Å². The second kappa shape index (κ2) is 7.76. The molecule has 7 nitrogen and oxygen atoms in total. The van der Waals surface area contributed by atoms with Crippen molar-refractivity contribution in [3.63, 3.8) is 0 Å². The Morgan fingerprint density at radius 3 is 2.61 bits per heavy atom. The van der Waals surface area contributed by atoms with Crippen LogP contribution in [0.4, 0.5) is 5.82 Å². The molecule has 1 fully saturated rings. The van der Waals surface area contributed by atoms with Crippen LogP contribution in [0.2, 0.25) is 0 Å². The van der Waals surface area contributed by atoms with E-state index in [2.05, 4.69) is 21.8 Å². The van der Waals surface area contributed by atoms with Crippen molar-refractivity contribution in [1.29, 1.82) is 0 Å². The number of nitrogens with zero attached hydrogens (tertiary/aromatic N) is 5. The number of rotatable bonds is 3. The van der Waals surface area contributed by atoms with Gasteiger partial charge in [0.25, 0.3) is 0 Å². The molecule has 3 aromatic heterocycles. The van der Waals surface area contributed by atoms with E-state index < -0.39 is 0 Å². The maximum absolute atomic E-state index is 6.56. The van der Waals surface area contributed by atoms with E-state index in [9.17, 15) is 0 Å². The van der Waals surface area contributed by atoms with Crippen LogP contribution in [0.25, 0.3) is 0 Å². The number of ether oxygens (including phenoxy) is 1. The molecule has 1 spiro atoms. The van der Waals surface area contributed by atoms with Crippen LogP contribution in [0.15, 0.2) is 46.7 Å². The molecule has 0 aromatic carbocycles. The van der Waals surface area contributed by atoms with Gasteiger partial charge in [0.2, 0.25) is 5.88 Å².